The van der Waals surface area contributed by atoms with Crippen molar-refractivity contribution in [3.05, 3.63) is 0 Å². The molecule has 1 aliphatic rings. The van der Waals surface area contributed by atoms with Crippen molar-refractivity contribution in [1.82, 2.24) is 0 Å². The lowest BCUT2D eigenvalue weighted by atomic mass is 9.71. The fourth-order valence-corrected chi connectivity index (χ4v) is 3.56. The van der Waals surface area contributed by atoms with Crippen molar-refractivity contribution < 1.29 is 14.3 Å². The van der Waals surface area contributed by atoms with Gasteiger partial charge in [0, 0.05) is 6.42 Å². The Bertz CT molecular complexity index is 335. The topological polar surface area (TPSA) is 43.4 Å². The molecular weight excluding hydrogens is 264 g/mol. The summed E-state index contributed by atoms with van der Waals surface area (Å²) in [6.45, 7) is 4.15. The van der Waals surface area contributed by atoms with Crippen molar-refractivity contribution >= 4 is 11.8 Å². The zero-order chi connectivity index (χ0) is 15.7. The zero-order valence-electron chi connectivity index (χ0n) is 14.1. The Balaban J connectivity index is 2.92. The molecule has 1 saturated carbocycles. The number of Topliss-reactive ketones (excluding diaryl/α,β-unsaturated/α-hetero) is 1. The van der Waals surface area contributed by atoms with Gasteiger partial charge in [-0.05, 0) is 25.2 Å². The van der Waals surface area contributed by atoms with E-state index in [4.69, 9.17) is 4.74 Å². The molecule has 0 aromatic heterocycles. The highest BCUT2D eigenvalue weighted by atomic mass is 16.5. The summed E-state index contributed by atoms with van der Waals surface area (Å²) in [5.41, 5.74) is -0.887. The summed E-state index contributed by atoms with van der Waals surface area (Å²) in [6.07, 6.45) is 10.9. The largest absolute Gasteiger partial charge is 0.468 e. The van der Waals surface area contributed by atoms with E-state index in [9.17, 15) is 9.59 Å². The van der Waals surface area contributed by atoms with Gasteiger partial charge in [0.05, 0.1) is 7.11 Å². The third-order valence-electron chi connectivity index (χ3n) is 4.62. The predicted octanol–water partition coefficient (Wildman–Crippen LogP) is 4.68. The van der Waals surface area contributed by atoms with E-state index in [2.05, 4.69) is 13.8 Å². The van der Waals surface area contributed by atoms with Crippen LogP contribution >= 0.6 is 0 Å². The first-order valence-corrected chi connectivity index (χ1v) is 8.64. The van der Waals surface area contributed by atoms with Gasteiger partial charge in [0.15, 0.2) is 0 Å². The number of hydrogen-bond acceptors (Lipinski definition) is 3. The second-order valence-corrected chi connectivity index (χ2v) is 6.92. The third kappa shape index (κ3) is 5.44. The molecule has 21 heavy (non-hydrogen) atoms. The molecule has 1 fully saturated rings. The maximum atomic E-state index is 12.8. The fourth-order valence-electron chi connectivity index (χ4n) is 3.56. The van der Waals surface area contributed by atoms with Gasteiger partial charge in [0.25, 0.3) is 0 Å². The molecule has 1 atom stereocenters. The number of carbonyl (C=O) groups excluding carboxylic acids is 2. The number of hydrogen-bond donors (Lipinski definition) is 0. The van der Waals surface area contributed by atoms with Crippen LogP contribution in [0.3, 0.4) is 0 Å². The summed E-state index contributed by atoms with van der Waals surface area (Å²) in [4.78, 5) is 25.2. The number of esters is 1. The van der Waals surface area contributed by atoms with Gasteiger partial charge >= 0.3 is 5.97 Å². The smallest absolute Gasteiger partial charge is 0.319 e. The Morgan fingerprint density at radius 1 is 1.05 bits per heavy atom. The van der Waals surface area contributed by atoms with Crippen molar-refractivity contribution in [2.45, 2.75) is 84.5 Å². The van der Waals surface area contributed by atoms with Crippen LogP contribution in [0.15, 0.2) is 0 Å². The van der Waals surface area contributed by atoms with Crippen molar-refractivity contribution in [1.29, 1.82) is 0 Å². The number of carbonyl (C=O) groups is 2. The van der Waals surface area contributed by atoms with E-state index in [1.54, 1.807) is 0 Å². The van der Waals surface area contributed by atoms with Crippen molar-refractivity contribution in [3.63, 3.8) is 0 Å². The van der Waals surface area contributed by atoms with Gasteiger partial charge in [-0.1, -0.05) is 58.8 Å². The fraction of sp³-hybridized carbons (Fsp3) is 0.889. The van der Waals surface area contributed by atoms with Gasteiger partial charge in [-0.25, -0.2) is 0 Å². The molecule has 0 amide bonds. The molecule has 0 radical (unpaired) electrons. The molecule has 0 aromatic rings. The maximum absolute atomic E-state index is 12.8. The molecule has 3 nitrogen and oxygen atoms in total. The van der Waals surface area contributed by atoms with Crippen LogP contribution in [0.4, 0.5) is 0 Å². The van der Waals surface area contributed by atoms with Crippen LogP contribution < -0.4 is 0 Å². The van der Waals surface area contributed by atoms with E-state index in [1.165, 1.54) is 32.8 Å². The van der Waals surface area contributed by atoms with Gasteiger partial charge in [-0.3, -0.25) is 9.59 Å². The minimum Gasteiger partial charge on any atom is -0.468 e. The van der Waals surface area contributed by atoms with E-state index in [0.717, 1.165) is 25.7 Å². The number of methoxy groups -OCH3 is 1. The first kappa shape index (κ1) is 18.2. The average Bonchev–Trinajstić information content (AvgIpc) is 2.44. The highest BCUT2D eigenvalue weighted by Gasteiger charge is 2.45. The van der Waals surface area contributed by atoms with Gasteiger partial charge in [0.2, 0.25) is 0 Å². The summed E-state index contributed by atoms with van der Waals surface area (Å²) in [7, 11) is 1.41. The molecule has 0 bridgehead atoms. The minimum atomic E-state index is -0.887. The third-order valence-corrected chi connectivity index (χ3v) is 4.62. The normalized spacial score (nSPS) is 26.0. The predicted molar refractivity (Wildman–Crippen MR) is 85.1 cm³/mol. The van der Waals surface area contributed by atoms with Crippen LogP contribution in [0.2, 0.25) is 0 Å². The van der Waals surface area contributed by atoms with E-state index in [0.29, 0.717) is 25.2 Å². The van der Waals surface area contributed by atoms with E-state index < -0.39 is 5.41 Å². The number of rotatable bonds is 3. The molecule has 1 rings (SSSR count). The summed E-state index contributed by atoms with van der Waals surface area (Å²) in [6, 6.07) is 0. The van der Waals surface area contributed by atoms with Crippen molar-refractivity contribution in [3.8, 4) is 0 Å². The van der Waals surface area contributed by atoms with Crippen LogP contribution in [0, 0.1) is 11.3 Å². The summed E-state index contributed by atoms with van der Waals surface area (Å²) >= 11 is 0. The Morgan fingerprint density at radius 3 is 2.10 bits per heavy atom. The first-order chi connectivity index (χ1) is 10.0. The Hall–Kier alpha value is -0.860. The van der Waals surface area contributed by atoms with Crippen LogP contribution in [-0.2, 0) is 14.3 Å². The van der Waals surface area contributed by atoms with Crippen LogP contribution in [0.25, 0.3) is 0 Å². The molecule has 0 aliphatic heterocycles. The Labute approximate surface area is 129 Å². The maximum Gasteiger partial charge on any atom is 0.319 e. The lowest BCUT2D eigenvalue weighted by Gasteiger charge is -2.31. The lowest BCUT2D eigenvalue weighted by molar-refractivity contribution is -0.160. The van der Waals surface area contributed by atoms with Gasteiger partial charge in [-0.15, -0.1) is 0 Å². The molecule has 0 aromatic carbocycles. The van der Waals surface area contributed by atoms with E-state index >= 15 is 0 Å². The molecule has 0 N–H and O–H groups in total. The van der Waals surface area contributed by atoms with Gasteiger partial charge < -0.3 is 4.74 Å². The Kier molecular flexibility index (Phi) is 7.98. The molecular formula is C18H32O3. The molecule has 0 saturated heterocycles. The molecule has 3 heteroatoms. The molecule has 0 spiro atoms. The highest BCUT2D eigenvalue weighted by molar-refractivity contribution is 6.03. The molecule has 122 valence electrons. The van der Waals surface area contributed by atoms with Crippen LogP contribution in [0.1, 0.15) is 84.5 Å². The summed E-state index contributed by atoms with van der Waals surface area (Å²) in [5, 5.41) is 0. The summed E-state index contributed by atoms with van der Waals surface area (Å²) < 4.78 is 5.03. The molecule has 1 unspecified atom stereocenters. The van der Waals surface area contributed by atoms with Crippen molar-refractivity contribution in [2.75, 3.05) is 7.11 Å². The minimum absolute atomic E-state index is 0.114. The van der Waals surface area contributed by atoms with E-state index in [1.807, 2.05) is 0 Å². The zero-order valence-corrected chi connectivity index (χ0v) is 14.1. The monoisotopic (exact) mass is 296 g/mol. The SMILES string of the molecule is COC(=O)C1(CC(C)C)CCCCCCCCCCC1=O. The molecule has 1 aliphatic carbocycles. The number of ketones is 1. The van der Waals surface area contributed by atoms with Gasteiger partial charge in [0.1, 0.15) is 11.2 Å². The number of ether oxygens (including phenoxy) is 1. The molecule has 0 heterocycles. The summed E-state index contributed by atoms with van der Waals surface area (Å²) in [5.74, 6) is 0.128. The van der Waals surface area contributed by atoms with Crippen molar-refractivity contribution in [2.24, 2.45) is 11.3 Å². The highest BCUT2D eigenvalue weighted by Crippen LogP contribution is 2.37. The Morgan fingerprint density at radius 2 is 1.57 bits per heavy atom. The lowest BCUT2D eigenvalue weighted by Crippen LogP contribution is -2.41. The van der Waals surface area contributed by atoms with Crippen LogP contribution in [-0.4, -0.2) is 18.9 Å². The quantitative estimate of drug-likeness (QED) is 0.561. The standard InChI is InChI=1S/C18H32O3/c1-15(2)14-18(17(20)21-3)13-11-9-7-5-4-6-8-10-12-16(18)19/h15H,4-14H2,1-3H3. The average molecular weight is 296 g/mol. The van der Waals surface area contributed by atoms with E-state index in [-0.39, 0.29) is 11.8 Å². The van der Waals surface area contributed by atoms with Gasteiger partial charge in [-0.2, -0.15) is 0 Å². The van der Waals surface area contributed by atoms with Crippen LogP contribution in [0.5, 0.6) is 0 Å². The second kappa shape index (κ2) is 9.22. The first-order valence-electron chi connectivity index (χ1n) is 8.64. The second-order valence-electron chi connectivity index (χ2n) is 6.92.